The Bertz CT molecular complexity index is 425. The minimum atomic E-state index is 0.333. The number of hydrogen-bond acceptors (Lipinski definition) is 3. The first-order valence-electron chi connectivity index (χ1n) is 6.95. The third-order valence-electron chi connectivity index (χ3n) is 4.10. The first-order valence-corrected chi connectivity index (χ1v) is 7.74. The van der Waals surface area contributed by atoms with Crippen molar-refractivity contribution in [3.8, 4) is 5.75 Å². The zero-order chi connectivity index (χ0) is 13.8. The van der Waals surface area contributed by atoms with E-state index in [4.69, 9.17) is 10.5 Å². The summed E-state index contributed by atoms with van der Waals surface area (Å²) in [5.74, 6) is 1.50. The number of nitrogens with two attached hydrogens (primary N) is 1. The molecule has 1 aliphatic carbocycles. The van der Waals surface area contributed by atoms with E-state index < -0.39 is 0 Å². The van der Waals surface area contributed by atoms with Crippen LogP contribution in [0.15, 0.2) is 22.7 Å². The van der Waals surface area contributed by atoms with Crippen LogP contribution < -0.4 is 15.8 Å². The van der Waals surface area contributed by atoms with Crippen LogP contribution in [0.4, 0.5) is 0 Å². The van der Waals surface area contributed by atoms with Crippen LogP contribution in [0.2, 0.25) is 0 Å². The summed E-state index contributed by atoms with van der Waals surface area (Å²) in [4.78, 5) is 0. The molecule has 19 heavy (non-hydrogen) atoms. The van der Waals surface area contributed by atoms with Crippen molar-refractivity contribution in [1.29, 1.82) is 0 Å². The number of methoxy groups -OCH3 is 1. The van der Waals surface area contributed by atoms with Gasteiger partial charge >= 0.3 is 0 Å². The van der Waals surface area contributed by atoms with E-state index in [2.05, 4.69) is 40.3 Å². The summed E-state index contributed by atoms with van der Waals surface area (Å²) in [5.41, 5.74) is 7.11. The maximum absolute atomic E-state index is 5.84. The Kier molecular flexibility index (Phi) is 5.25. The topological polar surface area (TPSA) is 47.3 Å². The summed E-state index contributed by atoms with van der Waals surface area (Å²) in [7, 11) is 1.69. The lowest BCUT2D eigenvalue weighted by atomic mass is 10.0. The molecule has 0 radical (unpaired) electrons. The summed E-state index contributed by atoms with van der Waals surface area (Å²) in [6.45, 7) is 3.00. The molecule has 3 atom stereocenters. The van der Waals surface area contributed by atoms with Crippen LogP contribution >= 0.6 is 15.9 Å². The Morgan fingerprint density at radius 1 is 1.47 bits per heavy atom. The van der Waals surface area contributed by atoms with Crippen LogP contribution in [0, 0.1) is 5.92 Å². The molecule has 1 saturated carbocycles. The van der Waals surface area contributed by atoms with E-state index in [1.807, 2.05) is 6.07 Å². The van der Waals surface area contributed by atoms with E-state index in [9.17, 15) is 0 Å². The molecule has 106 valence electrons. The van der Waals surface area contributed by atoms with Gasteiger partial charge in [-0.05, 0) is 65.9 Å². The maximum Gasteiger partial charge on any atom is 0.133 e. The van der Waals surface area contributed by atoms with E-state index in [-0.39, 0.29) is 0 Å². The molecule has 0 heterocycles. The predicted molar refractivity (Wildman–Crippen MR) is 82.4 cm³/mol. The molecule has 1 fully saturated rings. The first-order chi connectivity index (χ1) is 9.15. The monoisotopic (exact) mass is 326 g/mol. The lowest BCUT2D eigenvalue weighted by Crippen LogP contribution is -2.37. The Balaban J connectivity index is 2.03. The van der Waals surface area contributed by atoms with Crippen LogP contribution in [0.25, 0.3) is 0 Å². The molecule has 0 saturated heterocycles. The van der Waals surface area contributed by atoms with Crippen LogP contribution in [0.1, 0.15) is 37.8 Å². The summed E-state index contributed by atoms with van der Waals surface area (Å²) in [6.07, 6.45) is 3.79. The Hall–Kier alpha value is -0.580. The highest BCUT2D eigenvalue weighted by molar-refractivity contribution is 9.10. The normalized spacial score (nSPS) is 24.4. The second kappa shape index (κ2) is 6.73. The van der Waals surface area contributed by atoms with E-state index in [1.54, 1.807) is 7.11 Å². The molecule has 1 aromatic carbocycles. The fraction of sp³-hybridized carbons (Fsp3) is 0.600. The molecule has 3 nitrogen and oxygen atoms in total. The summed E-state index contributed by atoms with van der Waals surface area (Å²) in [6, 6.07) is 7.14. The number of benzene rings is 1. The van der Waals surface area contributed by atoms with Gasteiger partial charge in [-0.25, -0.2) is 0 Å². The van der Waals surface area contributed by atoms with Gasteiger partial charge in [0.2, 0.25) is 0 Å². The summed E-state index contributed by atoms with van der Waals surface area (Å²) >= 11 is 3.54. The van der Waals surface area contributed by atoms with E-state index in [0.717, 1.165) is 16.8 Å². The molecule has 0 spiro atoms. The zero-order valence-electron chi connectivity index (χ0n) is 11.7. The Morgan fingerprint density at radius 3 is 2.89 bits per heavy atom. The molecule has 2 rings (SSSR count). The van der Waals surface area contributed by atoms with Gasteiger partial charge in [0.25, 0.3) is 0 Å². The minimum absolute atomic E-state index is 0.333. The summed E-state index contributed by atoms with van der Waals surface area (Å²) < 4.78 is 6.27. The average molecular weight is 327 g/mol. The van der Waals surface area contributed by atoms with Crippen molar-refractivity contribution in [2.75, 3.05) is 13.7 Å². The van der Waals surface area contributed by atoms with E-state index in [1.165, 1.54) is 24.8 Å². The number of nitrogens with one attached hydrogen (secondary N) is 1. The van der Waals surface area contributed by atoms with E-state index >= 15 is 0 Å². The van der Waals surface area contributed by atoms with Gasteiger partial charge < -0.3 is 15.8 Å². The molecule has 4 heteroatoms. The molecule has 0 aromatic heterocycles. The highest BCUT2D eigenvalue weighted by Gasteiger charge is 2.27. The van der Waals surface area contributed by atoms with Gasteiger partial charge in [-0.1, -0.05) is 12.5 Å². The Morgan fingerprint density at radius 2 is 2.26 bits per heavy atom. The standard InChI is InChI=1S/C15H23BrN2O/c1-10(18-14-5-3-4-12(14)9-17)11-6-7-15(19-2)13(16)8-11/h6-8,10,12,14,18H,3-5,9,17H2,1-2H3. The fourth-order valence-electron chi connectivity index (χ4n) is 2.91. The minimum Gasteiger partial charge on any atom is -0.496 e. The van der Waals surface area contributed by atoms with Crippen LogP contribution in [-0.4, -0.2) is 19.7 Å². The molecule has 1 aliphatic rings. The molecule has 3 N–H and O–H groups in total. The third-order valence-corrected chi connectivity index (χ3v) is 4.72. The average Bonchev–Trinajstić information content (AvgIpc) is 2.85. The zero-order valence-corrected chi connectivity index (χ0v) is 13.2. The molecular weight excluding hydrogens is 304 g/mol. The largest absolute Gasteiger partial charge is 0.496 e. The highest BCUT2D eigenvalue weighted by atomic mass is 79.9. The van der Waals surface area contributed by atoms with Crippen LogP contribution in [0.3, 0.4) is 0 Å². The number of ether oxygens (including phenoxy) is 1. The van der Waals surface area contributed by atoms with Gasteiger partial charge in [0.05, 0.1) is 11.6 Å². The molecule has 1 aromatic rings. The molecule has 3 unspecified atom stereocenters. The SMILES string of the molecule is COc1ccc(C(C)NC2CCCC2CN)cc1Br. The second-order valence-corrected chi connectivity index (χ2v) is 6.17. The van der Waals surface area contributed by atoms with Gasteiger partial charge in [-0.15, -0.1) is 0 Å². The number of rotatable bonds is 5. The van der Waals surface area contributed by atoms with Crippen LogP contribution in [0.5, 0.6) is 5.75 Å². The predicted octanol–water partition coefficient (Wildman–Crippen LogP) is 3.24. The molecule has 0 bridgehead atoms. The quantitative estimate of drug-likeness (QED) is 0.873. The van der Waals surface area contributed by atoms with Crippen molar-refractivity contribution in [3.63, 3.8) is 0 Å². The maximum atomic E-state index is 5.84. The fourth-order valence-corrected chi connectivity index (χ4v) is 3.47. The number of halogens is 1. The number of hydrogen-bond donors (Lipinski definition) is 2. The molecule has 0 amide bonds. The van der Waals surface area contributed by atoms with Crippen molar-refractivity contribution < 1.29 is 4.74 Å². The van der Waals surface area contributed by atoms with Gasteiger partial charge in [0.1, 0.15) is 5.75 Å². The summed E-state index contributed by atoms with van der Waals surface area (Å²) in [5, 5.41) is 3.72. The third kappa shape index (κ3) is 3.50. The van der Waals surface area contributed by atoms with E-state index in [0.29, 0.717) is 18.0 Å². The van der Waals surface area contributed by atoms with Crippen molar-refractivity contribution in [2.24, 2.45) is 11.7 Å². The van der Waals surface area contributed by atoms with Crippen molar-refractivity contribution >= 4 is 15.9 Å². The van der Waals surface area contributed by atoms with Gasteiger partial charge in [0.15, 0.2) is 0 Å². The lowest BCUT2D eigenvalue weighted by Gasteiger charge is -2.24. The van der Waals surface area contributed by atoms with Crippen molar-refractivity contribution in [2.45, 2.75) is 38.3 Å². The van der Waals surface area contributed by atoms with Gasteiger partial charge in [-0.2, -0.15) is 0 Å². The van der Waals surface area contributed by atoms with Crippen molar-refractivity contribution in [1.82, 2.24) is 5.32 Å². The van der Waals surface area contributed by atoms with Gasteiger partial charge in [-0.3, -0.25) is 0 Å². The first kappa shape index (κ1) is 14.8. The molecular formula is C15H23BrN2O. The van der Waals surface area contributed by atoms with Crippen LogP contribution in [-0.2, 0) is 0 Å². The molecule has 0 aliphatic heterocycles. The highest BCUT2D eigenvalue weighted by Crippen LogP contribution is 2.30. The second-order valence-electron chi connectivity index (χ2n) is 5.32. The smallest absolute Gasteiger partial charge is 0.133 e. The van der Waals surface area contributed by atoms with Gasteiger partial charge in [0, 0.05) is 12.1 Å². The lowest BCUT2D eigenvalue weighted by molar-refractivity contribution is 0.373. The van der Waals surface area contributed by atoms with Crippen molar-refractivity contribution in [3.05, 3.63) is 28.2 Å². The Labute approximate surface area is 124 Å².